The molecule has 1 aliphatic heterocycles. The van der Waals surface area contributed by atoms with Crippen LogP contribution < -0.4 is 11.1 Å². The number of hydrogen-bond acceptors (Lipinski definition) is 4. The highest BCUT2D eigenvalue weighted by Gasteiger charge is 2.51. The van der Waals surface area contributed by atoms with Crippen LogP contribution in [0.3, 0.4) is 0 Å². The Morgan fingerprint density at radius 3 is 2.72 bits per heavy atom. The highest BCUT2D eigenvalue weighted by molar-refractivity contribution is 6.08. The van der Waals surface area contributed by atoms with Crippen LogP contribution in [0.1, 0.15) is 12.0 Å². The number of amides is 2. The molecule has 1 heterocycles. The van der Waals surface area contributed by atoms with Gasteiger partial charge in [0.25, 0.3) is 0 Å². The van der Waals surface area contributed by atoms with Crippen molar-refractivity contribution in [2.24, 2.45) is 5.73 Å². The summed E-state index contributed by atoms with van der Waals surface area (Å²) < 4.78 is 0. The highest BCUT2D eigenvalue weighted by Crippen LogP contribution is 2.40. The Hall–Kier alpha value is -2.44. The molecule has 0 bridgehead atoms. The molecule has 3 N–H and O–H groups in total. The van der Waals surface area contributed by atoms with E-state index in [4.69, 9.17) is 5.73 Å². The third kappa shape index (κ3) is 1.79. The zero-order valence-corrected chi connectivity index (χ0v) is 9.38. The number of nitrogens with two attached hydrogens (primary N) is 1. The molecule has 0 saturated carbocycles. The van der Waals surface area contributed by atoms with Gasteiger partial charge in [-0.1, -0.05) is 18.2 Å². The quantitative estimate of drug-likeness (QED) is 0.578. The SMILES string of the molecule is NC(=O)CC1(C[N+](=O)[O-])C(=O)Nc2ccccc21. The fourth-order valence-corrected chi connectivity index (χ4v) is 2.28. The Morgan fingerprint density at radius 1 is 1.44 bits per heavy atom. The summed E-state index contributed by atoms with van der Waals surface area (Å²) in [5.74, 6) is -1.30. The molecule has 7 nitrogen and oxygen atoms in total. The maximum atomic E-state index is 12.0. The minimum absolute atomic E-state index is 0.378. The van der Waals surface area contributed by atoms with E-state index < -0.39 is 28.7 Å². The van der Waals surface area contributed by atoms with E-state index in [1.54, 1.807) is 24.3 Å². The Bertz CT molecular complexity index is 525. The van der Waals surface area contributed by atoms with E-state index in [1.165, 1.54) is 0 Å². The summed E-state index contributed by atoms with van der Waals surface area (Å²) in [7, 11) is 0. The first-order valence-electron chi connectivity index (χ1n) is 5.27. The molecule has 0 spiro atoms. The second kappa shape index (κ2) is 4.10. The smallest absolute Gasteiger partial charge is 0.242 e. The minimum Gasteiger partial charge on any atom is -0.370 e. The molecule has 1 aromatic carbocycles. The van der Waals surface area contributed by atoms with E-state index in [0.29, 0.717) is 11.3 Å². The second-order valence-electron chi connectivity index (χ2n) is 4.22. The fraction of sp³-hybridized carbons (Fsp3) is 0.273. The van der Waals surface area contributed by atoms with Crippen LogP contribution >= 0.6 is 0 Å². The van der Waals surface area contributed by atoms with Crippen LogP contribution in [0.25, 0.3) is 0 Å². The van der Waals surface area contributed by atoms with Gasteiger partial charge in [-0.15, -0.1) is 0 Å². The minimum atomic E-state index is -1.49. The third-order valence-corrected chi connectivity index (χ3v) is 3.00. The standard InChI is InChI=1S/C11H11N3O4/c12-9(15)5-11(6-14(17)18)7-3-1-2-4-8(7)13-10(11)16/h1-4H,5-6H2,(H2,12,15)(H,13,16). The van der Waals surface area contributed by atoms with Gasteiger partial charge in [-0.05, 0) is 11.6 Å². The lowest BCUT2D eigenvalue weighted by atomic mass is 9.78. The highest BCUT2D eigenvalue weighted by atomic mass is 16.6. The molecule has 2 rings (SSSR count). The van der Waals surface area contributed by atoms with Gasteiger partial charge in [0.15, 0.2) is 0 Å². The van der Waals surface area contributed by atoms with Crippen LogP contribution in [0.4, 0.5) is 5.69 Å². The van der Waals surface area contributed by atoms with Crippen LogP contribution in [0.15, 0.2) is 24.3 Å². The first-order valence-corrected chi connectivity index (χ1v) is 5.27. The Kier molecular flexibility index (Phi) is 2.74. The molecule has 0 saturated heterocycles. The number of benzene rings is 1. The summed E-state index contributed by atoms with van der Waals surface area (Å²) in [6.07, 6.45) is -0.378. The summed E-state index contributed by atoms with van der Waals surface area (Å²) in [5.41, 5.74) is 4.56. The second-order valence-corrected chi connectivity index (χ2v) is 4.22. The molecule has 18 heavy (non-hydrogen) atoms. The Morgan fingerprint density at radius 2 is 2.11 bits per heavy atom. The molecule has 0 fully saturated rings. The van der Waals surface area contributed by atoms with Crippen molar-refractivity contribution in [1.82, 2.24) is 0 Å². The third-order valence-electron chi connectivity index (χ3n) is 3.00. The van der Waals surface area contributed by atoms with Crippen molar-refractivity contribution in [3.63, 3.8) is 0 Å². The molecule has 1 atom stereocenters. The van der Waals surface area contributed by atoms with Gasteiger partial charge in [0.2, 0.25) is 18.4 Å². The predicted octanol–water partition coefficient (Wildman–Crippen LogP) is 0.0286. The van der Waals surface area contributed by atoms with Crippen LogP contribution in [0.5, 0.6) is 0 Å². The molecular weight excluding hydrogens is 238 g/mol. The Balaban J connectivity index is 2.55. The molecule has 94 valence electrons. The van der Waals surface area contributed by atoms with Gasteiger partial charge < -0.3 is 11.1 Å². The monoisotopic (exact) mass is 249 g/mol. The van der Waals surface area contributed by atoms with E-state index in [-0.39, 0.29) is 6.42 Å². The number of carbonyl (C=O) groups is 2. The lowest BCUT2D eigenvalue weighted by Crippen LogP contribution is -2.44. The van der Waals surface area contributed by atoms with Crippen LogP contribution in [-0.4, -0.2) is 23.3 Å². The van der Waals surface area contributed by atoms with Crippen molar-refractivity contribution < 1.29 is 14.5 Å². The number of nitrogens with one attached hydrogen (secondary N) is 1. The van der Waals surface area contributed by atoms with Crippen LogP contribution in [0.2, 0.25) is 0 Å². The molecule has 0 aromatic heterocycles. The van der Waals surface area contributed by atoms with E-state index in [9.17, 15) is 19.7 Å². The van der Waals surface area contributed by atoms with Gasteiger partial charge >= 0.3 is 0 Å². The molecule has 0 aliphatic carbocycles. The molecule has 1 aromatic rings. The fourth-order valence-electron chi connectivity index (χ4n) is 2.28. The van der Waals surface area contributed by atoms with Crippen molar-refractivity contribution in [3.8, 4) is 0 Å². The molecule has 1 aliphatic rings. The number of para-hydroxylation sites is 1. The molecule has 7 heteroatoms. The number of fused-ring (bicyclic) bond motifs is 1. The van der Waals surface area contributed by atoms with Crippen molar-refractivity contribution >= 4 is 17.5 Å². The van der Waals surface area contributed by atoms with Gasteiger partial charge in [-0.25, -0.2) is 0 Å². The summed E-state index contributed by atoms with van der Waals surface area (Å²) in [4.78, 5) is 33.3. The van der Waals surface area contributed by atoms with Gasteiger partial charge in [0.1, 0.15) is 5.41 Å². The average molecular weight is 249 g/mol. The number of anilines is 1. The number of carbonyl (C=O) groups excluding carboxylic acids is 2. The number of primary amides is 1. The number of nitro groups is 1. The molecule has 0 radical (unpaired) electrons. The molecule has 1 unspecified atom stereocenters. The molecule has 2 amide bonds. The van der Waals surface area contributed by atoms with Crippen molar-refractivity contribution in [2.75, 3.05) is 11.9 Å². The predicted molar refractivity (Wildman–Crippen MR) is 62.4 cm³/mol. The lowest BCUT2D eigenvalue weighted by Gasteiger charge is -2.21. The van der Waals surface area contributed by atoms with E-state index in [2.05, 4.69) is 5.32 Å². The largest absolute Gasteiger partial charge is 0.370 e. The first-order chi connectivity index (χ1) is 8.45. The topological polar surface area (TPSA) is 115 Å². The van der Waals surface area contributed by atoms with Crippen molar-refractivity contribution in [2.45, 2.75) is 11.8 Å². The normalized spacial score (nSPS) is 21.2. The van der Waals surface area contributed by atoms with Gasteiger partial charge in [0, 0.05) is 10.6 Å². The number of hydrogen-bond donors (Lipinski definition) is 2. The van der Waals surface area contributed by atoms with Crippen molar-refractivity contribution in [1.29, 1.82) is 0 Å². The van der Waals surface area contributed by atoms with Crippen LogP contribution in [0, 0.1) is 10.1 Å². The Labute approximate surface area is 102 Å². The van der Waals surface area contributed by atoms with Gasteiger partial charge in [-0.2, -0.15) is 0 Å². The van der Waals surface area contributed by atoms with Crippen LogP contribution in [-0.2, 0) is 15.0 Å². The van der Waals surface area contributed by atoms with Gasteiger partial charge in [-0.3, -0.25) is 19.7 Å². The zero-order valence-electron chi connectivity index (χ0n) is 9.38. The first kappa shape index (κ1) is 12.0. The summed E-state index contributed by atoms with van der Waals surface area (Å²) in [6.45, 7) is -0.654. The maximum Gasteiger partial charge on any atom is 0.242 e. The van der Waals surface area contributed by atoms with E-state index >= 15 is 0 Å². The summed E-state index contributed by atoms with van der Waals surface area (Å²) in [6, 6.07) is 6.59. The summed E-state index contributed by atoms with van der Waals surface area (Å²) >= 11 is 0. The molecular formula is C11H11N3O4. The average Bonchev–Trinajstić information content (AvgIpc) is 2.51. The van der Waals surface area contributed by atoms with Gasteiger partial charge in [0.05, 0.1) is 6.42 Å². The zero-order chi connectivity index (χ0) is 13.3. The van der Waals surface area contributed by atoms with E-state index in [0.717, 1.165) is 0 Å². The van der Waals surface area contributed by atoms with Crippen molar-refractivity contribution in [3.05, 3.63) is 39.9 Å². The number of nitrogens with zero attached hydrogens (tertiary/aromatic N) is 1. The summed E-state index contributed by atoms with van der Waals surface area (Å²) in [5, 5.41) is 13.3. The lowest BCUT2D eigenvalue weighted by molar-refractivity contribution is -0.487. The maximum absolute atomic E-state index is 12.0. The number of rotatable bonds is 4. The van der Waals surface area contributed by atoms with E-state index in [1.807, 2.05) is 0 Å².